The Kier molecular flexibility index (Phi) is 4.73. The highest BCUT2D eigenvalue weighted by atomic mass is 35.5. The van der Waals surface area contributed by atoms with E-state index in [9.17, 15) is 0 Å². The van der Waals surface area contributed by atoms with Crippen molar-refractivity contribution >= 4 is 28.5 Å². The normalized spacial score (nSPS) is 11.2. The molecule has 2 N–H and O–H groups in total. The SMILES string of the molecule is CCOCCn1nc(Cc2ccccc2Cl)c2c(N)ncnc21. The lowest BCUT2D eigenvalue weighted by atomic mass is 10.1. The van der Waals surface area contributed by atoms with Crippen LogP contribution in [0.4, 0.5) is 5.82 Å². The molecule has 0 saturated carbocycles. The lowest BCUT2D eigenvalue weighted by molar-refractivity contribution is 0.137. The van der Waals surface area contributed by atoms with Crippen molar-refractivity contribution < 1.29 is 4.74 Å². The minimum atomic E-state index is 0.430. The van der Waals surface area contributed by atoms with Crippen LogP contribution in [0.2, 0.25) is 5.02 Å². The van der Waals surface area contributed by atoms with Gasteiger partial charge in [-0.15, -0.1) is 0 Å². The molecule has 3 rings (SSSR count). The van der Waals surface area contributed by atoms with Gasteiger partial charge in [-0.05, 0) is 18.6 Å². The third-order valence-electron chi connectivity index (χ3n) is 3.60. The predicted molar refractivity (Wildman–Crippen MR) is 90.5 cm³/mol. The molecule has 6 nitrogen and oxygen atoms in total. The Labute approximate surface area is 139 Å². The number of nitrogens with zero attached hydrogens (tertiary/aromatic N) is 4. The summed E-state index contributed by atoms with van der Waals surface area (Å²) in [4.78, 5) is 8.42. The summed E-state index contributed by atoms with van der Waals surface area (Å²) < 4.78 is 7.22. The number of nitrogens with two attached hydrogens (primary N) is 1. The molecule has 1 aromatic carbocycles. The Morgan fingerprint density at radius 2 is 2.09 bits per heavy atom. The van der Waals surface area contributed by atoms with Crippen molar-refractivity contribution in [1.29, 1.82) is 0 Å². The average Bonchev–Trinajstić information content (AvgIpc) is 2.89. The Hall–Kier alpha value is -2.18. The molecule has 0 aliphatic rings. The zero-order chi connectivity index (χ0) is 16.2. The van der Waals surface area contributed by atoms with Gasteiger partial charge in [0.1, 0.15) is 12.1 Å². The quantitative estimate of drug-likeness (QED) is 0.702. The third kappa shape index (κ3) is 3.28. The van der Waals surface area contributed by atoms with Gasteiger partial charge in [-0.3, -0.25) is 0 Å². The topological polar surface area (TPSA) is 78.9 Å². The van der Waals surface area contributed by atoms with Crippen LogP contribution in [0.25, 0.3) is 11.0 Å². The zero-order valence-electron chi connectivity index (χ0n) is 12.9. The summed E-state index contributed by atoms with van der Waals surface area (Å²) in [5, 5.41) is 6.14. The standard InChI is InChI=1S/C16H18ClN5O/c1-2-23-8-7-22-16-14(15(18)19-10-20-16)13(21-22)9-11-5-3-4-6-12(11)17/h3-6,10H,2,7-9H2,1H3,(H2,18,19,20). The highest BCUT2D eigenvalue weighted by molar-refractivity contribution is 6.31. The van der Waals surface area contributed by atoms with E-state index in [1.165, 1.54) is 6.33 Å². The fourth-order valence-electron chi connectivity index (χ4n) is 2.50. The number of anilines is 1. The molecule has 0 saturated heterocycles. The minimum Gasteiger partial charge on any atom is -0.383 e. The molecular weight excluding hydrogens is 314 g/mol. The van der Waals surface area contributed by atoms with E-state index in [4.69, 9.17) is 22.1 Å². The van der Waals surface area contributed by atoms with Crippen molar-refractivity contribution in [3.63, 3.8) is 0 Å². The molecule has 23 heavy (non-hydrogen) atoms. The summed E-state index contributed by atoms with van der Waals surface area (Å²) >= 11 is 6.26. The van der Waals surface area contributed by atoms with E-state index in [2.05, 4.69) is 15.1 Å². The summed E-state index contributed by atoms with van der Waals surface area (Å²) in [6.45, 7) is 3.82. The maximum atomic E-state index is 6.26. The summed E-state index contributed by atoms with van der Waals surface area (Å²) in [6, 6.07) is 7.70. The largest absolute Gasteiger partial charge is 0.383 e. The zero-order valence-corrected chi connectivity index (χ0v) is 13.6. The molecule has 0 spiro atoms. The molecule has 0 atom stereocenters. The van der Waals surface area contributed by atoms with Crippen LogP contribution in [-0.2, 0) is 17.7 Å². The summed E-state index contributed by atoms with van der Waals surface area (Å²) in [5.74, 6) is 0.430. The van der Waals surface area contributed by atoms with Gasteiger partial charge in [-0.2, -0.15) is 5.10 Å². The first-order valence-corrected chi connectivity index (χ1v) is 7.85. The molecule has 2 heterocycles. The lowest BCUT2D eigenvalue weighted by Gasteiger charge is -2.03. The van der Waals surface area contributed by atoms with Gasteiger partial charge in [0, 0.05) is 18.1 Å². The number of ether oxygens (including phenoxy) is 1. The maximum absolute atomic E-state index is 6.26. The number of fused-ring (bicyclic) bond motifs is 1. The van der Waals surface area contributed by atoms with Crippen molar-refractivity contribution in [3.8, 4) is 0 Å². The van der Waals surface area contributed by atoms with E-state index >= 15 is 0 Å². The molecule has 0 bridgehead atoms. The van der Waals surface area contributed by atoms with Gasteiger partial charge in [0.05, 0.1) is 24.2 Å². The van der Waals surface area contributed by atoms with Crippen LogP contribution < -0.4 is 5.73 Å². The molecule has 3 aromatic rings. The molecule has 0 aliphatic heterocycles. The first-order chi connectivity index (χ1) is 11.2. The molecule has 120 valence electrons. The smallest absolute Gasteiger partial charge is 0.163 e. The van der Waals surface area contributed by atoms with E-state index in [-0.39, 0.29) is 0 Å². The first kappa shape index (κ1) is 15.7. The second-order valence-electron chi connectivity index (χ2n) is 5.09. The molecule has 0 fully saturated rings. The molecular formula is C16H18ClN5O. The average molecular weight is 332 g/mol. The summed E-state index contributed by atoms with van der Waals surface area (Å²) in [6.07, 6.45) is 2.03. The number of halogens is 1. The Morgan fingerprint density at radius 1 is 1.26 bits per heavy atom. The van der Waals surface area contributed by atoms with Crippen LogP contribution in [0.1, 0.15) is 18.2 Å². The van der Waals surface area contributed by atoms with Crippen molar-refractivity contribution in [2.45, 2.75) is 19.9 Å². The molecule has 0 unspecified atom stereocenters. The van der Waals surface area contributed by atoms with Crippen LogP contribution in [0.15, 0.2) is 30.6 Å². The highest BCUT2D eigenvalue weighted by Crippen LogP contribution is 2.26. The van der Waals surface area contributed by atoms with Gasteiger partial charge < -0.3 is 10.5 Å². The number of rotatable bonds is 6. The monoisotopic (exact) mass is 331 g/mol. The van der Waals surface area contributed by atoms with Crippen LogP contribution in [0.3, 0.4) is 0 Å². The van der Waals surface area contributed by atoms with E-state index < -0.39 is 0 Å². The van der Waals surface area contributed by atoms with Crippen LogP contribution in [0, 0.1) is 0 Å². The predicted octanol–water partition coefficient (Wildman–Crippen LogP) is 2.69. The number of benzene rings is 1. The third-order valence-corrected chi connectivity index (χ3v) is 3.97. The van der Waals surface area contributed by atoms with Crippen LogP contribution >= 0.6 is 11.6 Å². The fraction of sp³-hybridized carbons (Fsp3) is 0.312. The molecule has 0 amide bonds. The van der Waals surface area contributed by atoms with E-state index in [1.54, 1.807) is 0 Å². The van der Waals surface area contributed by atoms with Gasteiger partial charge in [-0.1, -0.05) is 29.8 Å². The van der Waals surface area contributed by atoms with E-state index in [0.717, 1.165) is 22.3 Å². The number of hydrogen-bond acceptors (Lipinski definition) is 5. The van der Waals surface area contributed by atoms with Gasteiger partial charge >= 0.3 is 0 Å². The highest BCUT2D eigenvalue weighted by Gasteiger charge is 2.16. The number of nitrogen functional groups attached to an aromatic ring is 1. The Morgan fingerprint density at radius 3 is 2.87 bits per heavy atom. The first-order valence-electron chi connectivity index (χ1n) is 7.47. The Bertz CT molecular complexity index is 817. The Balaban J connectivity index is 2.01. The van der Waals surface area contributed by atoms with E-state index in [0.29, 0.717) is 37.0 Å². The van der Waals surface area contributed by atoms with Crippen molar-refractivity contribution in [2.75, 3.05) is 18.9 Å². The molecule has 7 heteroatoms. The van der Waals surface area contributed by atoms with E-state index in [1.807, 2.05) is 35.9 Å². The molecule has 0 aliphatic carbocycles. The number of hydrogen-bond donors (Lipinski definition) is 1. The lowest BCUT2D eigenvalue weighted by Crippen LogP contribution is -2.08. The van der Waals surface area contributed by atoms with Gasteiger partial charge in [0.15, 0.2) is 5.65 Å². The van der Waals surface area contributed by atoms with Gasteiger partial charge in [0.25, 0.3) is 0 Å². The van der Waals surface area contributed by atoms with Gasteiger partial charge in [0.2, 0.25) is 0 Å². The summed E-state index contributed by atoms with van der Waals surface area (Å²) in [5.41, 5.74) is 8.59. The fourth-order valence-corrected chi connectivity index (χ4v) is 2.70. The van der Waals surface area contributed by atoms with Crippen molar-refractivity contribution in [2.24, 2.45) is 0 Å². The van der Waals surface area contributed by atoms with Crippen molar-refractivity contribution in [3.05, 3.63) is 46.9 Å². The van der Waals surface area contributed by atoms with Gasteiger partial charge in [-0.25, -0.2) is 14.6 Å². The minimum absolute atomic E-state index is 0.430. The van der Waals surface area contributed by atoms with Crippen LogP contribution in [-0.4, -0.2) is 33.0 Å². The van der Waals surface area contributed by atoms with Crippen molar-refractivity contribution in [1.82, 2.24) is 19.7 Å². The summed E-state index contributed by atoms with van der Waals surface area (Å²) in [7, 11) is 0. The molecule has 2 aromatic heterocycles. The van der Waals surface area contributed by atoms with Crippen LogP contribution in [0.5, 0.6) is 0 Å². The second-order valence-corrected chi connectivity index (χ2v) is 5.50. The number of aromatic nitrogens is 4. The maximum Gasteiger partial charge on any atom is 0.163 e. The molecule has 0 radical (unpaired) electrons. The second kappa shape index (κ2) is 6.93.